The Balaban J connectivity index is 2.32. The van der Waals surface area contributed by atoms with Gasteiger partial charge < -0.3 is 5.32 Å². The normalized spacial score (nSPS) is 22.0. The van der Waals surface area contributed by atoms with Crippen LogP contribution in [0.15, 0.2) is 0 Å². The summed E-state index contributed by atoms with van der Waals surface area (Å²) in [5.41, 5.74) is 0. The van der Waals surface area contributed by atoms with E-state index in [0.717, 1.165) is 13.1 Å². The molecule has 1 fully saturated rings. The molecule has 1 rings (SSSR count). The van der Waals surface area contributed by atoms with Crippen molar-refractivity contribution >= 4 is 5.78 Å². The predicted octanol–water partition coefficient (Wildman–Crippen LogP) is -1.87. The standard InChI is InChI=1S/C3H5NO/c5-3-1-4-2-3/h4H,1-2H2/p+1. The number of rotatable bonds is 0. The van der Waals surface area contributed by atoms with Crippen LogP contribution in [0.1, 0.15) is 0 Å². The molecule has 0 aliphatic carbocycles. The number of carbonyl (C=O) groups is 1. The van der Waals surface area contributed by atoms with Crippen molar-refractivity contribution in [2.75, 3.05) is 13.1 Å². The molecule has 1 aliphatic heterocycles. The van der Waals surface area contributed by atoms with E-state index in [2.05, 4.69) is 0 Å². The lowest BCUT2D eigenvalue weighted by molar-refractivity contribution is -0.664. The van der Waals surface area contributed by atoms with Crippen molar-refractivity contribution in [1.82, 2.24) is 0 Å². The molecule has 1 saturated heterocycles. The Kier molecular flexibility index (Phi) is 0.451. The van der Waals surface area contributed by atoms with E-state index >= 15 is 0 Å². The fraction of sp³-hybridized carbons (Fsp3) is 0.667. The van der Waals surface area contributed by atoms with Crippen LogP contribution in [0.5, 0.6) is 0 Å². The highest BCUT2D eigenvalue weighted by Gasteiger charge is 2.14. The summed E-state index contributed by atoms with van der Waals surface area (Å²) in [6.45, 7) is 1.44. The molecule has 0 bridgehead atoms. The minimum absolute atomic E-state index is 0.380. The zero-order chi connectivity index (χ0) is 3.70. The highest BCUT2D eigenvalue weighted by Crippen LogP contribution is 1.61. The first-order valence-corrected chi connectivity index (χ1v) is 1.73. The zero-order valence-electron chi connectivity index (χ0n) is 2.90. The molecule has 2 nitrogen and oxygen atoms in total. The van der Waals surface area contributed by atoms with Crippen LogP contribution in [0.25, 0.3) is 0 Å². The van der Waals surface area contributed by atoms with E-state index in [1.807, 2.05) is 5.32 Å². The summed E-state index contributed by atoms with van der Waals surface area (Å²) in [5, 5.41) is 1.97. The van der Waals surface area contributed by atoms with Crippen LogP contribution in [-0.4, -0.2) is 18.9 Å². The maximum atomic E-state index is 9.87. The number of hydrogen-bond donors (Lipinski definition) is 1. The second-order valence-electron chi connectivity index (χ2n) is 1.24. The summed E-state index contributed by atoms with van der Waals surface area (Å²) in [6.07, 6.45) is 0. The van der Waals surface area contributed by atoms with E-state index in [0.29, 0.717) is 5.78 Å². The van der Waals surface area contributed by atoms with Crippen molar-refractivity contribution in [3.05, 3.63) is 0 Å². The molecule has 0 spiro atoms. The molecule has 0 aromatic rings. The molecule has 0 saturated carbocycles. The van der Waals surface area contributed by atoms with Gasteiger partial charge in [0.1, 0.15) is 13.1 Å². The molecule has 0 radical (unpaired) electrons. The molecular weight excluding hydrogens is 66.0 g/mol. The quantitative estimate of drug-likeness (QED) is 0.357. The molecule has 0 amide bonds. The average molecular weight is 72.1 g/mol. The van der Waals surface area contributed by atoms with Gasteiger partial charge in [0.2, 0.25) is 5.78 Å². The SMILES string of the molecule is O=C1C[NH2+]C1. The molecule has 0 unspecified atom stereocenters. The number of quaternary nitrogens is 1. The molecule has 0 aromatic carbocycles. The smallest absolute Gasteiger partial charge is 0.240 e. The van der Waals surface area contributed by atoms with Crippen molar-refractivity contribution < 1.29 is 10.1 Å². The Bertz CT molecular complexity index is 53.9. The van der Waals surface area contributed by atoms with Crippen LogP contribution in [0.2, 0.25) is 0 Å². The first kappa shape index (κ1) is 2.85. The van der Waals surface area contributed by atoms with Crippen molar-refractivity contribution in [2.45, 2.75) is 0 Å². The molecule has 2 N–H and O–H groups in total. The van der Waals surface area contributed by atoms with E-state index in [1.165, 1.54) is 0 Å². The minimum Gasteiger partial charge on any atom is -0.333 e. The molecular formula is C3H6NO+. The van der Waals surface area contributed by atoms with Crippen LogP contribution in [-0.2, 0) is 4.79 Å². The van der Waals surface area contributed by atoms with E-state index in [4.69, 9.17) is 0 Å². The average Bonchev–Trinajstić information content (AvgIpc) is 1.30. The van der Waals surface area contributed by atoms with Gasteiger partial charge in [-0.1, -0.05) is 0 Å². The van der Waals surface area contributed by atoms with Crippen LogP contribution >= 0.6 is 0 Å². The Morgan fingerprint density at radius 2 is 2.00 bits per heavy atom. The Hall–Kier alpha value is -0.370. The fourth-order valence-corrected chi connectivity index (χ4v) is 0.262. The molecule has 2 heteroatoms. The van der Waals surface area contributed by atoms with Gasteiger partial charge in [-0.05, 0) is 0 Å². The Morgan fingerprint density at radius 1 is 1.60 bits per heavy atom. The van der Waals surface area contributed by atoms with E-state index in [-0.39, 0.29) is 0 Å². The molecule has 28 valence electrons. The first-order valence-electron chi connectivity index (χ1n) is 1.73. The van der Waals surface area contributed by atoms with Crippen molar-refractivity contribution in [1.29, 1.82) is 0 Å². The Labute approximate surface area is 30.2 Å². The predicted molar refractivity (Wildman–Crippen MR) is 16.7 cm³/mol. The maximum Gasteiger partial charge on any atom is 0.240 e. The summed E-state index contributed by atoms with van der Waals surface area (Å²) in [6, 6.07) is 0. The monoisotopic (exact) mass is 72.0 g/mol. The maximum absolute atomic E-state index is 9.87. The third kappa shape index (κ3) is 0.304. The van der Waals surface area contributed by atoms with E-state index < -0.39 is 0 Å². The van der Waals surface area contributed by atoms with E-state index in [9.17, 15) is 4.79 Å². The number of Topliss-reactive ketones (excluding diaryl/α,β-unsaturated/α-hetero) is 1. The largest absolute Gasteiger partial charge is 0.333 e. The summed E-state index contributed by atoms with van der Waals surface area (Å²) in [7, 11) is 0. The Morgan fingerprint density at radius 3 is 2.00 bits per heavy atom. The second-order valence-corrected chi connectivity index (χ2v) is 1.24. The van der Waals surface area contributed by atoms with Crippen LogP contribution in [0, 0.1) is 0 Å². The topological polar surface area (TPSA) is 33.7 Å². The molecule has 1 aliphatic rings. The van der Waals surface area contributed by atoms with E-state index in [1.54, 1.807) is 0 Å². The van der Waals surface area contributed by atoms with Gasteiger partial charge in [-0.25, -0.2) is 0 Å². The third-order valence-corrected chi connectivity index (χ3v) is 0.744. The fourth-order valence-electron chi connectivity index (χ4n) is 0.262. The molecule has 0 atom stereocenters. The van der Waals surface area contributed by atoms with Gasteiger partial charge in [0, 0.05) is 0 Å². The summed E-state index contributed by atoms with van der Waals surface area (Å²) in [5.74, 6) is 0.380. The number of ketones is 1. The number of carbonyl (C=O) groups excluding carboxylic acids is 1. The zero-order valence-corrected chi connectivity index (χ0v) is 2.90. The van der Waals surface area contributed by atoms with Gasteiger partial charge in [-0.15, -0.1) is 0 Å². The molecule has 1 heterocycles. The van der Waals surface area contributed by atoms with Gasteiger partial charge in [-0.2, -0.15) is 0 Å². The van der Waals surface area contributed by atoms with Crippen molar-refractivity contribution in [2.24, 2.45) is 0 Å². The first-order chi connectivity index (χ1) is 2.39. The highest BCUT2D eigenvalue weighted by atomic mass is 16.1. The lowest BCUT2D eigenvalue weighted by Gasteiger charge is -2.04. The minimum atomic E-state index is 0.380. The van der Waals surface area contributed by atoms with Crippen LogP contribution in [0.4, 0.5) is 0 Å². The second kappa shape index (κ2) is 0.792. The lowest BCUT2D eigenvalue weighted by atomic mass is 10.3. The summed E-state index contributed by atoms with van der Waals surface area (Å²) in [4.78, 5) is 9.87. The van der Waals surface area contributed by atoms with Crippen LogP contribution in [0.3, 0.4) is 0 Å². The van der Waals surface area contributed by atoms with Crippen molar-refractivity contribution in [3.8, 4) is 0 Å². The number of hydrogen-bond acceptors (Lipinski definition) is 1. The van der Waals surface area contributed by atoms with Gasteiger partial charge in [0.05, 0.1) is 0 Å². The number of nitrogens with two attached hydrogens (primary N) is 1. The highest BCUT2D eigenvalue weighted by molar-refractivity contribution is 5.83. The summed E-state index contributed by atoms with van der Waals surface area (Å²) >= 11 is 0. The molecule has 0 aromatic heterocycles. The van der Waals surface area contributed by atoms with Gasteiger partial charge >= 0.3 is 0 Å². The van der Waals surface area contributed by atoms with Gasteiger partial charge in [-0.3, -0.25) is 4.79 Å². The summed E-state index contributed by atoms with van der Waals surface area (Å²) < 4.78 is 0. The van der Waals surface area contributed by atoms with Gasteiger partial charge in [0.15, 0.2) is 0 Å². The van der Waals surface area contributed by atoms with Crippen LogP contribution < -0.4 is 5.32 Å². The molecule has 5 heavy (non-hydrogen) atoms. The third-order valence-electron chi connectivity index (χ3n) is 0.744. The van der Waals surface area contributed by atoms with Crippen molar-refractivity contribution in [3.63, 3.8) is 0 Å². The van der Waals surface area contributed by atoms with Gasteiger partial charge in [0.25, 0.3) is 0 Å². The lowest BCUT2D eigenvalue weighted by Crippen LogP contribution is -2.97.